The number of nitrogens with zero attached hydrogens (tertiary/aromatic N) is 3. The lowest BCUT2D eigenvalue weighted by atomic mass is 10.1. The van der Waals surface area contributed by atoms with Gasteiger partial charge < -0.3 is 18.9 Å². The van der Waals surface area contributed by atoms with Crippen LogP contribution in [0.3, 0.4) is 0 Å². The number of hydrogen-bond donors (Lipinski definition) is 0. The van der Waals surface area contributed by atoms with E-state index < -0.39 is 0 Å². The number of aryl methyl sites for hydroxylation is 2. The molecule has 6 heteroatoms. The molecule has 1 aliphatic rings. The minimum atomic E-state index is 0.0301. The van der Waals surface area contributed by atoms with Gasteiger partial charge in [0, 0.05) is 24.6 Å². The van der Waals surface area contributed by atoms with Crippen LogP contribution in [-0.4, -0.2) is 35.7 Å². The lowest BCUT2D eigenvalue weighted by Crippen LogP contribution is -2.24. The zero-order chi connectivity index (χ0) is 23.7. The predicted molar refractivity (Wildman–Crippen MR) is 134 cm³/mol. The van der Waals surface area contributed by atoms with Crippen molar-refractivity contribution in [3.63, 3.8) is 0 Å². The lowest BCUT2D eigenvalue weighted by molar-refractivity contribution is -0.117. The van der Waals surface area contributed by atoms with E-state index in [2.05, 4.69) is 36.6 Å². The van der Waals surface area contributed by atoms with Crippen molar-refractivity contribution >= 4 is 22.6 Å². The van der Waals surface area contributed by atoms with Crippen molar-refractivity contribution in [2.45, 2.75) is 32.7 Å². The summed E-state index contributed by atoms with van der Waals surface area (Å²) in [6.07, 6.45) is 0.454. The van der Waals surface area contributed by atoms with Crippen molar-refractivity contribution in [2.24, 2.45) is 0 Å². The first kappa shape index (κ1) is 22.0. The second kappa shape index (κ2) is 9.21. The van der Waals surface area contributed by atoms with E-state index in [1.54, 1.807) is 7.11 Å². The van der Waals surface area contributed by atoms with Crippen molar-refractivity contribution in [2.75, 3.05) is 25.2 Å². The van der Waals surface area contributed by atoms with E-state index in [9.17, 15) is 4.79 Å². The number of fused-ring (bicyclic) bond motifs is 1. The fourth-order valence-electron chi connectivity index (χ4n) is 4.59. The SMILES string of the molecule is COc1ccc(OCCn2c(C3CC(=O)N(c4ccc(C)c(C)c4)C3)nc3ccccc32)cc1. The van der Waals surface area contributed by atoms with Crippen LogP contribution < -0.4 is 14.4 Å². The average molecular weight is 456 g/mol. The second-order valence-electron chi connectivity index (χ2n) is 8.81. The van der Waals surface area contributed by atoms with E-state index >= 15 is 0 Å². The Labute approximate surface area is 199 Å². The summed E-state index contributed by atoms with van der Waals surface area (Å²) in [4.78, 5) is 19.8. The molecule has 0 radical (unpaired) electrons. The molecule has 0 spiro atoms. The van der Waals surface area contributed by atoms with Gasteiger partial charge in [-0.2, -0.15) is 0 Å². The normalized spacial score (nSPS) is 15.8. The van der Waals surface area contributed by atoms with Crippen molar-refractivity contribution in [1.82, 2.24) is 9.55 Å². The van der Waals surface area contributed by atoms with Crippen molar-refractivity contribution in [3.8, 4) is 11.5 Å². The van der Waals surface area contributed by atoms with Crippen molar-refractivity contribution in [3.05, 3.63) is 83.7 Å². The fraction of sp³-hybridized carbons (Fsp3) is 0.286. The summed E-state index contributed by atoms with van der Waals surface area (Å²) in [5.74, 6) is 2.71. The third-order valence-corrected chi connectivity index (χ3v) is 6.62. The van der Waals surface area contributed by atoms with Crippen LogP contribution in [0, 0.1) is 13.8 Å². The van der Waals surface area contributed by atoms with Crippen LogP contribution in [0.2, 0.25) is 0 Å². The molecule has 1 saturated heterocycles. The van der Waals surface area contributed by atoms with Crippen molar-refractivity contribution in [1.29, 1.82) is 0 Å². The highest BCUT2D eigenvalue weighted by Crippen LogP contribution is 2.34. The first-order chi connectivity index (χ1) is 16.5. The molecule has 0 bridgehead atoms. The molecular formula is C28H29N3O3. The van der Waals surface area contributed by atoms with E-state index in [-0.39, 0.29) is 11.8 Å². The number of para-hydroxylation sites is 2. The van der Waals surface area contributed by atoms with Gasteiger partial charge in [0.1, 0.15) is 23.9 Å². The Morgan fingerprint density at radius 1 is 0.971 bits per heavy atom. The van der Waals surface area contributed by atoms with Gasteiger partial charge in [0.15, 0.2) is 0 Å². The Kier molecular flexibility index (Phi) is 5.97. The van der Waals surface area contributed by atoms with E-state index in [0.29, 0.717) is 26.1 Å². The van der Waals surface area contributed by atoms with E-state index in [1.807, 2.05) is 53.4 Å². The molecule has 4 aromatic rings. The Morgan fingerprint density at radius 3 is 2.50 bits per heavy atom. The minimum Gasteiger partial charge on any atom is -0.497 e. The molecule has 174 valence electrons. The van der Waals surface area contributed by atoms with Crippen molar-refractivity contribution < 1.29 is 14.3 Å². The molecule has 5 rings (SSSR count). The van der Waals surface area contributed by atoms with Crippen LogP contribution in [0.15, 0.2) is 66.7 Å². The molecule has 1 fully saturated rings. The van der Waals surface area contributed by atoms with E-state index in [1.165, 1.54) is 11.1 Å². The monoisotopic (exact) mass is 455 g/mol. The summed E-state index contributed by atoms with van der Waals surface area (Å²) < 4.78 is 13.4. The van der Waals surface area contributed by atoms with Crippen LogP contribution in [-0.2, 0) is 11.3 Å². The smallest absolute Gasteiger partial charge is 0.227 e. The zero-order valence-electron chi connectivity index (χ0n) is 19.8. The van der Waals surface area contributed by atoms with Gasteiger partial charge in [-0.15, -0.1) is 0 Å². The first-order valence-corrected chi connectivity index (χ1v) is 11.6. The van der Waals surface area contributed by atoms with Gasteiger partial charge in [-0.25, -0.2) is 4.98 Å². The van der Waals surface area contributed by atoms with Gasteiger partial charge in [0.25, 0.3) is 0 Å². The fourth-order valence-corrected chi connectivity index (χ4v) is 4.59. The molecule has 1 unspecified atom stereocenters. The van der Waals surface area contributed by atoms with Gasteiger partial charge >= 0.3 is 0 Å². The van der Waals surface area contributed by atoms with Gasteiger partial charge in [-0.05, 0) is 73.5 Å². The summed E-state index contributed by atoms with van der Waals surface area (Å²) in [5, 5.41) is 0. The van der Waals surface area contributed by atoms with Gasteiger partial charge in [0.2, 0.25) is 5.91 Å². The quantitative estimate of drug-likeness (QED) is 0.381. The molecule has 6 nitrogen and oxygen atoms in total. The average Bonchev–Trinajstić information content (AvgIpc) is 3.42. The summed E-state index contributed by atoms with van der Waals surface area (Å²) >= 11 is 0. The Balaban J connectivity index is 1.38. The molecule has 1 aliphatic heterocycles. The largest absolute Gasteiger partial charge is 0.497 e. The number of carbonyl (C=O) groups is 1. The van der Waals surface area contributed by atoms with Crippen LogP contribution >= 0.6 is 0 Å². The number of anilines is 1. The molecular weight excluding hydrogens is 426 g/mol. The maximum Gasteiger partial charge on any atom is 0.227 e. The molecule has 1 amide bonds. The van der Waals surface area contributed by atoms with E-state index in [4.69, 9.17) is 14.5 Å². The predicted octanol–water partition coefficient (Wildman–Crippen LogP) is 5.26. The highest BCUT2D eigenvalue weighted by molar-refractivity contribution is 5.96. The van der Waals surface area contributed by atoms with Gasteiger partial charge in [-0.3, -0.25) is 4.79 Å². The molecule has 34 heavy (non-hydrogen) atoms. The van der Waals surface area contributed by atoms with Crippen LogP contribution in [0.25, 0.3) is 11.0 Å². The standard InChI is InChI=1S/C28H29N3O3/c1-19-8-9-22(16-20(19)2)31-18-21(17-27(31)32)28-29-25-6-4-5-7-26(25)30(28)14-15-34-24-12-10-23(33-3)11-13-24/h4-13,16,21H,14-15,17-18H2,1-3H3. The summed E-state index contributed by atoms with van der Waals surface area (Å²) in [6, 6.07) is 21.9. The third kappa shape index (κ3) is 4.23. The summed E-state index contributed by atoms with van der Waals surface area (Å²) in [6.45, 7) is 5.95. The number of rotatable bonds is 7. The topological polar surface area (TPSA) is 56.6 Å². The Morgan fingerprint density at radius 2 is 1.74 bits per heavy atom. The summed E-state index contributed by atoms with van der Waals surface area (Å²) in [7, 11) is 1.65. The molecule has 0 aliphatic carbocycles. The molecule has 1 aromatic heterocycles. The Hall–Kier alpha value is -3.80. The molecule has 2 heterocycles. The summed E-state index contributed by atoms with van der Waals surface area (Å²) in [5.41, 5.74) is 5.38. The number of aromatic nitrogens is 2. The number of methoxy groups -OCH3 is 1. The van der Waals surface area contributed by atoms with Gasteiger partial charge in [-0.1, -0.05) is 18.2 Å². The maximum atomic E-state index is 13.0. The van der Waals surface area contributed by atoms with Gasteiger partial charge in [0.05, 0.1) is 24.7 Å². The third-order valence-electron chi connectivity index (χ3n) is 6.62. The molecule has 3 aromatic carbocycles. The molecule has 1 atom stereocenters. The second-order valence-corrected chi connectivity index (χ2v) is 8.81. The zero-order valence-corrected chi connectivity index (χ0v) is 19.8. The number of benzene rings is 3. The number of imidazole rings is 1. The number of amides is 1. The molecule has 0 N–H and O–H groups in total. The first-order valence-electron chi connectivity index (χ1n) is 11.6. The molecule has 0 saturated carbocycles. The van der Waals surface area contributed by atoms with Crippen LogP contribution in [0.4, 0.5) is 5.69 Å². The lowest BCUT2D eigenvalue weighted by Gasteiger charge is -2.18. The minimum absolute atomic E-state index is 0.0301. The van der Waals surface area contributed by atoms with Crippen LogP contribution in [0.5, 0.6) is 11.5 Å². The highest BCUT2D eigenvalue weighted by Gasteiger charge is 2.35. The number of hydrogen-bond acceptors (Lipinski definition) is 4. The number of carbonyl (C=O) groups excluding carboxylic acids is 1. The highest BCUT2D eigenvalue weighted by atomic mass is 16.5. The van der Waals surface area contributed by atoms with Crippen LogP contribution in [0.1, 0.15) is 29.3 Å². The Bertz CT molecular complexity index is 1330. The maximum absolute atomic E-state index is 13.0. The van der Waals surface area contributed by atoms with E-state index in [0.717, 1.165) is 34.0 Å². The number of ether oxygens (including phenoxy) is 2.